The molecule has 0 aliphatic carbocycles. The zero-order chi connectivity index (χ0) is 53.6. The molecule has 0 N–H and O–H groups in total. The van der Waals surface area contributed by atoms with Crippen LogP contribution in [-0.2, 0) is 28.6 Å². The Kier molecular flexibility index (Phi) is 58.8. The van der Waals surface area contributed by atoms with Crippen molar-refractivity contribution in [3.05, 3.63) is 97.2 Å². The Hall–Kier alpha value is -3.67. The number of rotatable bonds is 56. The predicted octanol–water partition coefficient (Wildman–Crippen LogP) is 21.3. The molecule has 0 aliphatic heterocycles. The highest BCUT2D eigenvalue weighted by molar-refractivity contribution is 5.71. The smallest absolute Gasteiger partial charge is 0.306 e. The van der Waals surface area contributed by atoms with Crippen LogP contribution in [0.1, 0.15) is 297 Å². The van der Waals surface area contributed by atoms with Gasteiger partial charge in [-0.3, -0.25) is 14.4 Å². The number of esters is 3. The van der Waals surface area contributed by atoms with Crippen LogP contribution in [0.5, 0.6) is 0 Å². The monoisotopic (exact) mass is 1030 g/mol. The maximum atomic E-state index is 12.9. The Bertz CT molecular complexity index is 1460. The fourth-order valence-electron chi connectivity index (χ4n) is 8.61. The van der Waals surface area contributed by atoms with Crippen molar-refractivity contribution in [3.63, 3.8) is 0 Å². The number of ether oxygens (including phenoxy) is 3. The number of hydrogen-bond acceptors (Lipinski definition) is 6. The zero-order valence-corrected chi connectivity index (χ0v) is 48.6. The average molecular weight is 1030 g/mol. The minimum atomic E-state index is -0.789. The molecule has 0 heterocycles. The molecule has 424 valence electrons. The summed E-state index contributed by atoms with van der Waals surface area (Å²) in [6, 6.07) is 0. The van der Waals surface area contributed by atoms with Gasteiger partial charge in [-0.15, -0.1) is 0 Å². The van der Waals surface area contributed by atoms with E-state index in [0.717, 1.165) is 116 Å². The van der Waals surface area contributed by atoms with Crippen LogP contribution in [0.15, 0.2) is 97.2 Å². The highest BCUT2D eigenvalue weighted by atomic mass is 16.6. The van der Waals surface area contributed by atoms with E-state index in [-0.39, 0.29) is 31.1 Å². The Morgan fingerprint density at radius 1 is 0.284 bits per heavy atom. The van der Waals surface area contributed by atoms with Crippen LogP contribution in [0.4, 0.5) is 0 Å². The van der Waals surface area contributed by atoms with Gasteiger partial charge in [0, 0.05) is 19.3 Å². The number of carbonyl (C=O) groups is 3. The minimum absolute atomic E-state index is 0.0862. The molecule has 0 aliphatic rings. The first-order valence-electron chi connectivity index (χ1n) is 31.2. The lowest BCUT2D eigenvalue weighted by Crippen LogP contribution is -2.30. The normalized spacial score (nSPS) is 12.7. The number of unbranched alkanes of at least 4 members (excludes halogenated alkanes) is 29. The van der Waals surface area contributed by atoms with Gasteiger partial charge in [0.05, 0.1) is 0 Å². The molecule has 74 heavy (non-hydrogen) atoms. The van der Waals surface area contributed by atoms with Crippen LogP contribution >= 0.6 is 0 Å². The predicted molar refractivity (Wildman–Crippen MR) is 320 cm³/mol. The highest BCUT2D eigenvalue weighted by Crippen LogP contribution is 2.15. The summed E-state index contributed by atoms with van der Waals surface area (Å²) in [7, 11) is 0. The quantitative estimate of drug-likeness (QED) is 0.0261. The summed E-state index contributed by atoms with van der Waals surface area (Å²) in [5.74, 6) is -0.901. The van der Waals surface area contributed by atoms with E-state index in [1.165, 1.54) is 141 Å². The molecule has 0 aromatic carbocycles. The SMILES string of the molecule is CC/C=C\C/C=C\C/C=C\C/C=C\C/C=C\CCCCCCCCCCCC(=O)OCC(COC(=O)CCCCCCC/C=C\CCCCCC)OC(=O)CCCCCCCCC/C=C\C/C=C\CCCCCC. The summed E-state index contributed by atoms with van der Waals surface area (Å²) in [4.78, 5) is 38.3. The van der Waals surface area contributed by atoms with Crippen molar-refractivity contribution in [2.24, 2.45) is 0 Å². The molecule has 6 nitrogen and oxygen atoms in total. The molecule has 1 atom stereocenters. The Labute approximate surface area is 457 Å². The third kappa shape index (κ3) is 59.2. The van der Waals surface area contributed by atoms with E-state index in [1.54, 1.807) is 0 Å². The van der Waals surface area contributed by atoms with E-state index in [2.05, 4.69) is 118 Å². The maximum Gasteiger partial charge on any atom is 0.306 e. The summed E-state index contributed by atoms with van der Waals surface area (Å²) < 4.78 is 16.9. The van der Waals surface area contributed by atoms with Crippen molar-refractivity contribution in [1.82, 2.24) is 0 Å². The van der Waals surface area contributed by atoms with Gasteiger partial charge in [0.25, 0.3) is 0 Å². The molecule has 0 aromatic rings. The second kappa shape index (κ2) is 61.9. The first-order chi connectivity index (χ1) is 36.5. The van der Waals surface area contributed by atoms with E-state index in [9.17, 15) is 14.4 Å². The summed E-state index contributed by atoms with van der Waals surface area (Å²) >= 11 is 0. The molecule has 1 unspecified atom stereocenters. The fourth-order valence-corrected chi connectivity index (χ4v) is 8.61. The van der Waals surface area contributed by atoms with Crippen molar-refractivity contribution < 1.29 is 28.6 Å². The third-order valence-corrected chi connectivity index (χ3v) is 13.3. The highest BCUT2D eigenvalue weighted by Gasteiger charge is 2.19. The van der Waals surface area contributed by atoms with Crippen molar-refractivity contribution in [3.8, 4) is 0 Å². The van der Waals surface area contributed by atoms with Crippen LogP contribution in [0, 0.1) is 0 Å². The number of carbonyl (C=O) groups excluding carboxylic acids is 3. The van der Waals surface area contributed by atoms with Gasteiger partial charge in [0.1, 0.15) is 13.2 Å². The first kappa shape index (κ1) is 70.3. The molecule has 0 rings (SSSR count). The van der Waals surface area contributed by atoms with Gasteiger partial charge in [-0.1, -0.05) is 253 Å². The molecule has 0 bridgehead atoms. The molecule has 0 radical (unpaired) electrons. The third-order valence-electron chi connectivity index (χ3n) is 13.3. The lowest BCUT2D eigenvalue weighted by atomic mass is 10.1. The molecule has 0 spiro atoms. The largest absolute Gasteiger partial charge is 0.462 e. The fraction of sp³-hybridized carbons (Fsp3) is 0.721. The maximum absolute atomic E-state index is 12.9. The minimum Gasteiger partial charge on any atom is -0.462 e. The second-order valence-electron chi connectivity index (χ2n) is 20.6. The molecular formula is C68H116O6. The topological polar surface area (TPSA) is 78.9 Å². The first-order valence-corrected chi connectivity index (χ1v) is 31.2. The molecule has 6 heteroatoms. The molecule has 0 saturated carbocycles. The molecular weight excluding hydrogens is 913 g/mol. The van der Waals surface area contributed by atoms with Crippen molar-refractivity contribution >= 4 is 17.9 Å². The molecule has 0 saturated heterocycles. The average Bonchev–Trinajstić information content (AvgIpc) is 3.40. The summed E-state index contributed by atoms with van der Waals surface area (Å²) in [6.07, 6.45) is 82.6. The van der Waals surface area contributed by atoms with Crippen LogP contribution in [0.25, 0.3) is 0 Å². The van der Waals surface area contributed by atoms with E-state index in [0.29, 0.717) is 19.3 Å². The Morgan fingerprint density at radius 3 is 0.838 bits per heavy atom. The van der Waals surface area contributed by atoms with E-state index >= 15 is 0 Å². The summed E-state index contributed by atoms with van der Waals surface area (Å²) in [5.41, 5.74) is 0. The zero-order valence-electron chi connectivity index (χ0n) is 48.6. The number of hydrogen-bond donors (Lipinski definition) is 0. The standard InChI is InChI=1S/C68H116O6/c1-4-7-10-13-16-19-22-25-27-29-31-32-33-34-35-36-37-39-40-43-46-49-52-55-58-61-67(70)73-64-65(63-72-66(69)60-57-54-51-48-45-42-24-21-18-15-12-9-6-3)74-68(71)62-59-56-53-50-47-44-41-38-30-28-26-23-20-17-14-11-8-5-2/h7,10,16,19-21,23-25,27-28,30-32,34-35,65H,4-6,8-9,11-15,17-18,22,26,29,33,36-64H2,1-3H3/b10-7-,19-16-,23-20-,24-21-,27-25-,30-28-,32-31-,35-34-. The van der Waals surface area contributed by atoms with Crippen molar-refractivity contribution in [2.75, 3.05) is 13.2 Å². The van der Waals surface area contributed by atoms with Crippen LogP contribution < -0.4 is 0 Å². The van der Waals surface area contributed by atoms with Crippen LogP contribution in [0.3, 0.4) is 0 Å². The van der Waals surface area contributed by atoms with Gasteiger partial charge in [-0.2, -0.15) is 0 Å². The van der Waals surface area contributed by atoms with Gasteiger partial charge in [0.15, 0.2) is 6.10 Å². The lowest BCUT2D eigenvalue weighted by molar-refractivity contribution is -0.167. The van der Waals surface area contributed by atoms with Gasteiger partial charge >= 0.3 is 17.9 Å². The lowest BCUT2D eigenvalue weighted by Gasteiger charge is -2.18. The van der Waals surface area contributed by atoms with Crippen LogP contribution in [0.2, 0.25) is 0 Å². The van der Waals surface area contributed by atoms with Gasteiger partial charge in [-0.25, -0.2) is 0 Å². The van der Waals surface area contributed by atoms with Crippen molar-refractivity contribution in [2.45, 2.75) is 303 Å². The van der Waals surface area contributed by atoms with Crippen molar-refractivity contribution in [1.29, 1.82) is 0 Å². The van der Waals surface area contributed by atoms with E-state index < -0.39 is 6.10 Å². The molecule has 0 amide bonds. The Balaban J connectivity index is 4.35. The number of allylic oxidation sites excluding steroid dienone is 16. The van der Waals surface area contributed by atoms with Crippen LogP contribution in [-0.4, -0.2) is 37.2 Å². The second-order valence-corrected chi connectivity index (χ2v) is 20.6. The molecule has 0 fully saturated rings. The van der Waals surface area contributed by atoms with E-state index in [4.69, 9.17) is 14.2 Å². The van der Waals surface area contributed by atoms with Gasteiger partial charge < -0.3 is 14.2 Å². The summed E-state index contributed by atoms with van der Waals surface area (Å²) in [6.45, 7) is 6.50. The van der Waals surface area contributed by atoms with E-state index in [1.807, 2.05) is 0 Å². The Morgan fingerprint density at radius 2 is 0.527 bits per heavy atom. The molecule has 0 aromatic heterocycles. The van der Waals surface area contributed by atoms with Gasteiger partial charge in [0.2, 0.25) is 0 Å². The van der Waals surface area contributed by atoms with Gasteiger partial charge in [-0.05, 0) is 122 Å². The summed E-state index contributed by atoms with van der Waals surface area (Å²) in [5, 5.41) is 0.